The van der Waals surface area contributed by atoms with E-state index in [1.54, 1.807) is 24.3 Å². The largest absolute Gasteiger partial charge is 0.416 e. The zero-order chi connectivity index (χ0) is 21.4. The zero-order valence-electron chi connectivity index (χ0n) is 15.4. The van der Waals surface area contributed by atoms with Crippen LogP contribution < -0.4 is 16.0 Å². The Morgan fingerprint density at radius 1 is 1.07 bits per heavy atom. The Labute approximate surface area is 170 Å². The van der Waals surface area contributed by atoms with Gasteiger partial charge in [-0.1, -0.05) is 29.8 Å². The standard InChI is InChI=1S/C19H19ClF4N4O/c1-25-18(27-9-8-26-17(29)14-4-2-3-5-16(14)20)28-11-12-6-7-13(21)10-15(12)19(22,23)24/h2-7,10H,8-9,11H2,1H3,(H,26,29)(H2,25,27,28). The summed E-state index contributed by atoms with van der Waals surface area (Å²) >= 11 is 5.95. The molecule has 0 aliphatic rings. The van der Waals surface area contributed by atoms with E-state index in [-0.39, 0.29) is 37.1 Å². The fourth-order valence-corrected chi connectivity index (χ4v) is 2.69. The highest BCUT2D eigenvalue weighted by Crippen LogP contribution is 2.32. The van der Waals surface area contributed by atoms with Gasteiger partial charge >= 0.3 is 6.18 Å². The molecule has 0 spiro atoms. The lowest BCUT2D eigenvalue weighted by Crippen LogP contribution is -2.41. The monoisotopic (exact) mass is 430 g/mol. The molecule has 0 saturated heterocycles. The first-order valence-corrected chi connectivity index (χ1v) is 8.93. The number of rotatable bonds is 6. The molecule has 3 N–H and O–H groups in total. The molecule has 1 amide bonds. The number of aliphatic imine (C=N–C) groups is 1. The number of benzene rings is 2. The first-order chi connectivity index (χ1) is 13.7. The molecule has 10 heteroatoms. The van der Waals surface area contributed by atoms with E-state index in [9.17, 15) is 22.4 Å². The van der Waals surface area contributed by atoms with Gasteiger partial charge in [0.25, 0.3) is 5.91 Å². The summed E-state index contributed by atoms with van der Waals surface area (Å²) in [5.74, 6) is -1.08. The summed E-state index contributed by atoms with van der Waals surface area (Å²) in [6.07, 6.45) is -4.67. The molecule has 0 aliphatic carbocycles. The quantitative estimate of drug-likeness (QED) is 0.284. The van der Waals surface area contributed by atoms with Crippen LogP contribution in [-0.4, -0.2) is 32.0 Å². The summed E-state index contributed by atoms with van der Waals surface area (Å²) in [7, 11) is 1.45. The molecule has 156 valence electrons. The van der Waals surface area contributed by atoms with Crippen LogP contribution in [0.15, 0.2) is 47.5 Å². The van der Waals surface area contributed by atoms with Gasteiger partial charge in [0.15, 0.2) is 5.96 Å². The van der Waals surface area contributed by atoms with Crippen molar-refractivity contribution in [2.24, 2.45) is 4.99 Å². The highest BCUT2D eigenvalue weighted by molar-refractivity contribution is 6.33. The Morgan fingerprint density at radius 3 is 2.41 bits per heavy atom. The fourth-order valence-electron chi connectivity index (χ4n) is 2.46. The van der Waals surface area contributed by atoms with Crippen LogP contribution >= 0.6 is 11.6 Å². The van der Waals surface area contributed by atoms with Gasteiger partial charge in [-0.3, -0.25) is 9.79 Å². The zero-order valence-corrected chi connectivity index (χ0v) is 16.2. The van der Waals surface area contributed by atoms with Gasteiger partial charge in [-0.25, -0.2) is 4.39 Å². The second kappa shape index (κ2) is 10.1. The molecule has 0 unspecified atom stereocenters. The van der Waals surface area contributed by atoms with E-state index in [1.165, 1.54) is 7.05 Å². The van der Waals surface area contributed by atoms with Crippen molar-refractivity contribution in [2.45, 2.75) is 12.7 Å². The maximum absolute atomic E-state index is 13.2. The van der Waals surface area contributed by atoms with Crippen LogP contribution in [0, 0.1) is 5.82 Å². The number of carbonyl (C=O) groups excluding carboxylic acids is 1. The number of hydrogen-bond donors (Lipinski definition) is 3. The summed E-state index contributed by atoms with van der Waals surface area (Å²) < 4.78 is 52.3. The number of alkyl halides is 3. The molecule has 0 heterocycles. The Morgan fingerprint density at radius 2 is 1.76 bits per heavy atom. The second-order valence-corrected chi connectivity index (χ2v) is 6.29. The lowest BCUT2D eigenvalue weighted by Gasteiger charge is -2.16. The average molecular weight is 431 g/mol. The molecule has 0 atom stereocenters. The topological polar surface area (TPSA) is 65.5 Å². The van der Waals surface area contributed by atoms with Gasteiger partial charge in [0.2, 0.25) is 0 Å². The van der Waals surface area contributed by atoms with Crippen LogP contribution in [0.1, 0.15) is 21.5 Å². The molecule has 0 fully saturated rings. The summed E-state index contributed by atoms with van der Waals surface area (Å²) in [4.78, 5) is 15.9. The first kappa shape index (κ1) is 22.5. The van der Waals surface area contributed by atoms with E-state index in [4.69, 9.17) is 11.6 Å². The van der Waals surface area contributed by atoms with Gasteiger partial charge in [-0.2, -0.15) is 13.2 Å². The molecule has 0 radical (unpaired) electrons. The lowest BCUT2D eigenvalue weighted by molar-refractivity contribution is -0.138. The number of guanidine groups is 1. The molecule has 2 aromatic carbocycles. The number of nitrogens with zero attached hydrogens (tertiary/aromatic N) is 1. The summed E-state index contributed by atoms with van der Waals surface area (Å²) in [6.45, 7) is 0.293. The Hall–Kier alpha value is -2.81. The minimum atomic E-state index is -4.67. The van der Waals surface area contributed by atoms with E-state index in [1.807, 2.05) is 0 Å². The second-order valence-electron chi connectivity index (χ2n) is 5.89. The van der Waals surface area contributed by atoms with Crippen LogP contribution in [0.5, 0.6) is 0 Å². The summed E-state index contributed by atoms with van der Waals surface area (Å²) in [6, 6.07) is 9.08. The van der Waals surface area contributed by atoms with Gasteiger partial charge in [0.1, 0.15) is 5.82 Å². The Balaban J connectivity index is 1.85. The van der Waals surface area contributed by atoms with Crippen LogP contribution in [0.2, 0.25) is 5.02 Å². The van der Waals surface area contributed by atoms with Crippen molar-refractivity contribution in [1.82, 2.24) is 16.0 Å². The van der Waals surface area contributed by atoms with Crippen molar-refractivity contribution in [2.75, 3.05) is 20.1 Å². The number of nitrogens with one attached hydrogen (secondary N) is 3. The minimum absolute atomic E-state index is 0.117. The molecule has 29 heavy (non-hydrogen) atoms. The molecule has 5 nitrogen and oxygen atoms in total. The maximum Gasteiger partial charge on any atom is 0.416 e. The predicted molar refractivity (Wildman–Crippen MR) is 103 cm³/mol. The molecular formula is C19H19ClF4N4O. The van der Waals surface area contributed by atoms with Crippen molar-refractivity contribution in [3.8, 4) is 0 Å². The summed E-state index contributed by atoms with van der Waals surface area (Å²) in [5, 5.41) is 8.59. The van der Waals surface area contributed by atoms with Crippen LogP contribution in [0.25, 0.3) is 0 Å². The Kier molecular flexibility index (Phi) is 7.83. The predicted octanol–water partition coefficient (Wildman–Crippen LogP) is 3.59. The lowest BCUT2D eigenvalue weighted by atomic mass is 10.1. The SMILES string of the molecule is CN=C(NCCNC(=O)c1ccccc1Cl)NCc1ccc(F)cc1C(F)(F)F. The van der Waals surface area contributed by atoms with Crippen LogP contribution in [0.4, 0.5) is 17.6 Å². The molecule has 0 saturated carbocycles. The number of hydrogen-bond acceptors (Lipinski definition) is 2. The Bertz CT molecular complexity index is 887. The van der Waals surface area contributed by atoms with Gasteiger partial charge in [-0.05, 0) is 29.8 Å². The van der Waals surface area contributed by atoms with Crippen molar-refractivity contribution in [1.29, 1.82) is 0 Å². The molecular weight excluding hydrogens is 412 g/mol. The van der Waals surface area contributed by atoms with Crippen molar-refractivity contribution in [3.05, 3.63) is 70.0 Å². The van der Waals surface area contributed by atoms with Crippen LogP contribution in [-0.2, 0) is 12.7 Å². The van der Waals surface area contributed by atoms with E-state index >= 15 is 0 Å². The van der Waals surface area contributed by atoms with Crippen molar-refractivity contribution >= 4 is 23.5 Å². The highest BCUT2D eigenvalue weighted by atomic mass is 35.5. The average Bonchev–Trinajstić information content (AvgIpc) is 2.67. The van der Waals surface area contributed by atoms with Gasteiger partial charge in [0.05, 0.1) is 16.1 Å². The van der Waals surface area contributed by atoms with E-state index in [2.05, 4.69) is 20.9 Å². The number of halogens is 5. The van der Waals surface area contributed by atoms with E-state index < -0.39 is 17.6 Å². The van der Waals surface area contributed by atoms with Gasteiger partial charge in [-0.15, -0.1) is 0 Å². The summed E-state index contributed by atoms with van der Waals surface area (Å²) in [5.41, 5.74) is -0.825. The first-order valence-electron chi connectivity index (χ1n) is 8.55. The normalized spacial score (nSPS) is 11.9. The number of carbonyl (C=O) groups is 1. The molecule has 2 aromatic rings. The molecule has 0 bridgehead atoms. The van der Waals surface area contributed by atoms with Gasteiger partial charge in [0, 0.05) is 26.7 Å². The number of amides is 1. The third kappa shape index (κ3) is 6.63. The maximum atomic E-state index is 13.2. The van der Waals surface area contributed by atoms with Crippen LogP contribution in [0.3, 0.4) is 0 Å². The molecule has 2 rings (SSSR count). The third-order valence-corrected chi connectivity index (χ3v) is 4.20. The third-order valence-electron chi connectivity index (χ3n) is 3.87. The van der Waals surface area contributed by atoms with Gasteiger partial charge < -0.3 is 16.0 Å². The molecule has 0 aromatic heterocycles. The highest BCUT2D eigenvalue weighted by Gasteiger charge is 2.33. The van der Waals surface area contributed by atoms with E-state index in [0.29, 0.717) is 16.7 Å². The van der Waals surface area contributed by atoms with Crippen molar-refractivity contribution in [3.63, 3.8) is 0 Å². The smallest absolute Gasteiger partial charge is 0.355 e. The minimum Gasteiger partial charge on any atom is -0.355 e. The van der Waals surface area contributed by atoms with Crippen molar-refractivity contribution < 1.29 is 22.4 Å². The molecule has 0 aliphatic heterocycles. The van der Waals surface area contributed by atoms with E-state index in [0.717, 1.165) is 12.1 Å². The fraction of sp³-hybridized carbons (Fsp3) is 0.263.